The second-order valence-electron chi connectivity index (χ2n) is 6.66. The Morgan fingerprint density at radius 2 is 2.26 bits per heavy atom. The Labute approximate surface area is 134 Å². The third-order valence-corrected chi connectivity index (χ3v) is 5.11. The van der Waals surface area contributed by atoms with E-state index >= 15 is 0 Å². The number of nitrogens with one attached hydrogen (secondary N) is 1. The van der Waals surface area contributed by atoms with E-state index in [2.05, 4.69) is 10.2 Å². The summed E-state index contributed by atoms with van der Waals surface area (Å²) < 4.78 is 13.3. The van der Waals surface area contributed by atoms with Crippen LogP contribution in [0.15, 0.2) is 36.7 Å². The highest BCUT2D eigenvalue weighted by Gasteiger charge is 2.46. The number of amides is 1. The molecule has 23 heavy (non-hydrogen) atoms. The van der Waals surface area contributed by atoms with Gasteiger partial charge >= 0.3 is 0 Å². The number of halogens is 1. The molecule has 1 amide bonds. The van der Waals surface area contributed by atoms with Gasteiger partial charge in [-0.3, -0.25) is 9.89 Å². The van der Waals surface area contributed by atoms with Gasteiger partial charge in [-0.1, -0.05) is 12.1 Å². The van der Waals surface area contributed by atoms with Crippen molar-refractivity contribution in [1.29, 1.82) is 0 Å². The number of benzene rings is 1. The lowest BCUT2D eigenvalue weighted by atomic mass is 9.92. The molecule has 0 bridgehead atoms. The Balaban J connectivity index is 1.42. The van der Waals surface area contributed by atoms with E-state index in [9.17, 15) is 9.18 Å². The van der Waals surface area contributed by atoms with Crippen LogP contribution in [0, 0.1) is 11.7 Å². The first kappa shape index (κ1) is 14.4. The van der Waals surface area contributed by atoms with Crippen LogP contribution in [-0.2, 0) is 4.79 Å². The quantitative estimate of drug-likeness (QED) is 0.947. The molecule has 2 aliphatic rings. The van der Waals surface area contributed by atoms with Gasteiger partial charge in [-0.05, 0) is 48.4 Å². The van der Waals surface area contributed by atoms with E-state index in [1.807, 2.05) is 23.4 Å². The molecule has 2 heterocycles. The van der Waals surface area contributed by atoms with E-state index in [-0.39, 0.29) is 23.6 Å². The molecule has 0 radical (unpaired) electrons. The van der Waals surface area contributed by atoms with E-state index in [1.54, 1.807) is 12.1 Å². The number of carbonyl (C=O) groups is 1. The van der Waals surface area contributed by atoms with Gasteiger partial charge in [0.25, 0.3) is 0 Å². The van der Waals surface area contributed by atoms with Gasteiger partial charge in [0.1, 0.15) is 5.82 Å². The number of likely N-dealkylation sites (tertiary alicyclic amines) is 1. The maximum absolute atomic E-state index is 13.3. The Morgan fingerprint density at radius 3 is 3.04 bits per heavy atom. The number of piperidine rings is 1. The van der Waals surface area contributed by atoms with Gasteiger partial charge in [-0.2, -0.15) is 5.10 Å². The minimum absolute atomic E-state index is 0.0277. The average molecular weight is 313 g/mol. The second-order valence-corrected chi connectivity index (χ2v) is 6.66. The van der Waals surface area contributed by atoms with Crippen molar-refractivity contribution < 1.29 is 9.18 Å². The number of hydrogen-bond acceptors (Lipinski definition) is 2. The van der Waals surface area contributed by atoms with E-state index in [1.165, 1.54) is 11.6 Å². The molecule has 1 N–H and O–H groups in total. The summed E-state index contributed by atoms with van der Waals surface area (Å²) in [5, 5.41) is 6.86. The molecule has 1 saturated carbocycles. The van der Waals surface area contributed by atoms with Crippen LogP contribution in [0.4, 0.5) is 4.39 Å². The van der Waals surface area contributed by atoms with E-state index in [0.717, 1.165) is 37.9 Å². The molecule has 1 aromatic carbocycles. The molecular weight excluding hydrogens is 293 g/mol. The molecule has 1 aromatic heterocycles. The number of nitrogens with zero attached hydrogens (tertiary/aromatic N) is 2. The highest BCUT2D eigenvalue weighted by molar-refractivity contribution is 5.83. The summed E-state index contributed by atoms with van der Waals surface area (Å²) in [6, 6.07) is 6.65. The monoisotopic (exact) mass is 313 g/mol. The Hall–Kier alpha value is -2.17. The minimum Gasteiger partial charge on any atom is -0.342 e. The molecule has 5 heteroatoms. The zero-order valence-corrected chi connectivity index (χ0v) is 12.9. The summed E-state index contributed by atoms with van der Waals surface area (Å²) >= 11 is 0. The van der Waals surface area contributed by atoms with Gasteiger partial charge in [0.2, 0.25) is 5.91 Å². The highest BCUT2D eigenvalue weighted by atomic mass is 19.1. The summed E-state index contributed by atoms with van der Waals surface area (Å²) in [6.07, 6.45) is 6.74. The van der Waals surface area contributed by atoms with Crippen LogP contribution in [0.25, 0.3) is 0 Å². The average Bonchev–Trinajstić information content (AvgIpc) is 3.19. The minimum atomic E-state index is -0.224. The Kier molecular flexibility index (Phi) is 3.63. The number of carbonyl (C=O) groups excluding carboxylic acids is 1. The van der Waals surface area contributed by atoms with Gasteiger partial charge in [0.15, 0.2) is 0 Å². The summed E-state index contributed by atoms with van der Waals surface area (Å²) in [6.45, 7) is 1.60. The summed E-state index contributed by atoms with van der Waals surface area (Å²) in [5.41, 5.74) is 2.13. The lowest BCUT2D eigenvalue weighted by Gasteiger charge is -2.32. The number of aromatic amines is 1. The number of hydrogen-bond donors (Lipinski definition) is 1. The zero-order chi connectivity index (χ0) is 15.8. The van der Waals surface area contributed by atoms with Crippen molar-refractivity contribution in [3.8, 4) is 0 Å². The molecule has 4 nitrogen and oxygen atoms in total. The van der Waals surface area contributed by atoms with Crippen LogP contribution in [0.2, 0.25) is 0 Å². The fraction of sp³-hybridized carbons (Fsp3) is 0.444. The fourth-order valence-corrected chi connectivity index (χ4v) is 3.74. The van der Waals surface area contributed by atoms with Gasteiger partial charge < -0.3 is 4.90 Å². The van der Waals surface area contributed by atoms with Crippen molar-refractivity contribution in [3.63, 3.8) is 0 Å². The van der Waals surface area contributed by atoms with Crippen molar-refractivity contribution in [1.82, 2.24) is 15.1 Å². The van der Waals surface area contributed by atoms with Crippen LogP contribution in [0.1, 0.15) is 42.2 Å². The third kappa shape index (κ3) is 2.87. The molecule has 4 rings (SSSR count). The summed E-state index contributed by atoms with van der Waals surface area (Å²) in [5.74, 6) is 0.594. The number of rotatable bonds is 3. The molecule has 0 unspecified atom stereocenters. The zero-order valence-electron chi connectivity index (χ0n) is 12.9. The van der Waals surface area contributed by atoms with Gasteiger partial charge in [-0.25, -0.2) is 4.39 Å². The predicted molar refractivity (Wildman–Crippen MR) is 84.4 cm³/mol. The van der Waals surface area contributed by atoms with Gasteiger partial charge in [0, 0.05) is 31.1 Å². The van der Waals surface area contributed by atoms with E-state index in [0.29, 0.717) is 5.92 Å². The van der Waals surface area contributed by atoms with Crippen molar-refractivity contribution in [2.75, 3.05) is 13.1 Å². The van der Waals surface area contributed by atoms with Crippen LogP contribution < -0.4 is 0 Å². The molecule has 0 spiro atoms. The number of aromatic nitrogens is 2. The smallest absolute Gasteiger partial charge is 0.226 e. The van der Waals surface area contributed by atoms with E-state index < -0.39 is 0 Å². The molecule has 1 saturated heterocycles. The summed E-state index contributed by atoms with van der Waals surface area (Å²) in [4.78, 5) is 14.7. The maximum atomic E-state index is 13.3. The molecule has 2 aromatic rings. The highest BCUT2D eigenvalue weighted by Crippen LogP contribution is 2.49. The molecular formula is C18H20FN3O. The Bertz CT molecular complexity index is 700. The molecule has 3 atom stereocenters. The second kappa shape index (κ2) is 5.80. The first-order chi connectivity index (χ1) is 11.2. The van der Waals surface area contributed by atoms with Crippen LogP contribution in [0.3, 0.4) is 0 Å². The van der Waals surface area contributed by atoms with Crippen LogP contribution in [-0.4, -0.2) is 34.1 Å². The molecule has 120 valence electrons. The first-order valence-electron chi connectivity index (χ1n) is 8.25. The van der Waals surface area contributed by atoms with Crippen molar-refractivity contribution in [2.45, 2.75) is 31.1 Å². The van der Waals surface area contributed by atoms with Crippen molar-refractivity contribution in [3.05, 3.63) is 53.6 Å². The number of H-pyrrole nitrogens is 1. The Morgan fingerprint density at radius 1 is 1.35 bits per heavy atom. The molecule has 2 fully saturated rings. The lowest BCUT2D eigenvalue weighted by molar-refractivity contribution is -0.133. The first-order valence-corrected chi connectivity index (χ1v) is 8.25. The molecule has 1 aliphatic carbocycles. The third-order valence-electron chi connectivity index (χ3n) is 5.11. The van der Waals surface area contributed by atoms with Crippen LogP contribution in [0.5, 0.6) is 0 Å². The SMILES string of the molecule is O=C([C@@H]1C[C@@H]1c1cccc(F)c1)N1CCC[C@H](c2cn[nH]c2)C1. The molecule has 1 aliphatic heterocycles. The summed E-state index contributed by atoms with van der Waals surface area (Å²) in [7, 11) is 0. The van der Waals surface area contributed by atoms with Crippen molar-refractivity contribution >= 4 is 5.91 Å². The predicted octanol–water partition coefficient (Wildman–Crippen LogP) is 3.06. The lowest BCUT2D eigenvalue weighted by Crippen LogP contribution is -2.40. The fourth-order valence-electron chi connectivity index (χ4n) is 3.74. The van der Waals surface area contributed by atoms with Gasteiger partial charge in [-0.15, -0.1) is 0 Å². The standard InChI is InChI=1S/C18H20FN3O/c19-15-5-1-3-12(7-15)16-8-17(16)18(23)22-6-2-4-13(11-22)14-9-20-21-10-14/h1,3,5,7,9-10,13,16-17H,2,4,6,8,11H2,(H,20,21)/t13-,16+,17+/m0/s1. The van der Waals surface area contributed by atoms with Crippen LogP contribution >= 0.6 is 0 Å². The normalized spacial score (nSPS) is 27.0. The van der Waals surface area contributed by atoms with Crippen molar-refractivity contribution in [2.24, 2.45) is 5.92 Å². The van der Waals surface area contributed by atoms with Gasteiger partial charge in [0.05, 0.1) is 6.20 Å². The largest absolute Gasteiger partial charge is 0.342 e. The maximum Gasteiger partial charge on any atom is 0.226 e. The van der Waals surface area contributed by atoms with E-state index in [4.69, 9.17) is 0 Å². The topological polar surface area (TPSA) is 49.0 Å².